The van der Waals surface area contributed by atoms with Gasteiger partial charge >= 0.3 is 0 Å². The summed E-state index contributed by atoms with van der Waals surface area (Å²) in [7, 11) is 0. The van der Waals surface area contributed by atoms with Crippen molar-refractivity contribution in [2.75, 3.05) is 31.1 Å². The Labute approximate surface area is 128 Å². The minimum absolute atomic E-state index is 0.392. The molecule has 0 unspecified atom stereocenters. The SMILES string of the molecule is Cc1cc(N2CCN(C3CCCC3)CC2)nc(C(C)C)n1. The topological polar surface area (TPSA) is 32.3 Å². The average molecular weight is 288 g/mol. The lowest BCUT2D eigenvalue weighted by molar-refractivity contribution is 0.187. The van der Waals surface area contributed by atoms with E-state index in [9.17, 15) is 0 Å². The van der Waals surface area contributed by atoms with E-state index in [0.29, 0.717) is 5.92 Å². The van der Waals surface area contributed by atoms with Gasteiger partial charge in [-0.3, -0.25) is 4.90 Å². The fourth-order valence-electron chi connectivity index (χ4n) is 3.58. The minimum Gasteiger partial charge on any atom is -0.354 e. The molecule has 1 aliphatic heterocycles. The van der Waals surface area contributed by atoms with Crippen molar-refractivity contribution in [3.8, 4) is 0 Å². The standard InChI is InChI=1S/C17H28N4/c1-13(2)17-18-14(3)12-16(19-17)21-10-8-20(9-11-21)15-6-4-5-7-15/h12-13,15H,4-11H2,1-3H3. The van der Waals surface area contributed by atoms with Gasteiger partial charge in [-0.15, -0.1) is 0 Å². The van der Waals surface area contributed by atoms with Gasteiger partial charge in [-0.2, -0.15) is 0 Å². The summed E-state index contributed by atoms with van der Waals surface area (Å²) < 4.78 is 0. The van der Waals surface area contributed by atoms with Crippen LogP contribution in [0.3, 0.4) is 0 Å². The number of piperazine rings is 1. The van der Waals surface area contributed by atoms with Crippen molar-refractivity contribution in [1.29, 1.82) is 0 Å². The van der Waals surface area contributed by atoms with E-state index in [0.717, 1.165) is 36.5 Å². The van der Waals surface area contributed by atoms with Crippen molar-refractivity contribution >= 4 is 5.82 Å². The maximum absolute atomic E-state index is 4.78. The van der Waals surface area contributed by atoms with Gasteiger partial charge in [0.05, 0.1) is 0 Å². The minimum atomic E-state index is 0.392. The molecule has 0 N–H and O–H groups in total. The van der Waals surface area contributed by atoms with Crippen LogP contribution < -0.4 is 4.90 Å². The number of aryl methyl sites for hydroxylation is 1. The predicted octanol–water partition coefficient (Wildman–Crippen LogP) is 2.97. The van der Waals surface area contributed by atoms with Gasteiger partial charge in [0.2, 0.25) is 0 Å². The Hall–Kier alpha value is -1.16. The summed E-state index contributed by atoms with van der Waals surface area (Å²) in [6.45, 7) is 11.0. The molecule has 3 rings (SSSR count). The summed E-state index contributed by atoms with van der Waals surface area (Å²) >= 11 is 0. The summed E-state index contributed by atoms with van der Waals surface area (Å²) in [4.78, 5) is 14.5. The van der Waals surface area contributed by atoms with Crippen LogP contribution in [0, 0.1) is 6.92 Å². The zero-order valence-electron chi connectivity index (χ0n) is 13.7. The predicted molar refractivity (Wildman–Crippen MR) is 86.9 cm³/mol. The van der Waals surface area contributed by atoms with E-state index in [1.165, 1.54) is 38.8 Å². The van der Waals surface area contributed by atoms with Crippen LogP contribution in [-0.2, 0) is 0 Å². The van der Waals surface area contributed by atoms with Crippen molar-refractivity contribution < 1.29 is 0 Å². The molecular formula is C17H28N4. The van der Waals surface area contributed by atoms with Crippen LogP contribution in [0.2, 0.25) is 0 Å². The second-order valence-electron chi connectivity index (χ2n) is 6.84. The van der Waals surface area contributed by atoms with E-state index >= 15 is 0 Å². The number of rotatable bonds is 3. The number of hydrogen-bond acceptors (Lipinski definition) is 4. The highest BCUT2D eigenvalue weighted by Crippen LogP contribution is 2.25. The quantitative estimate of drug-likeness (QED) is 0.856. The summed E-state index contributed by atoms with van der Waals surface area (Å²) in [6.07, 6.45) is 5.66. The molecular weight excluding hydrogens is 260 g/mol. The smallest absolute Gasteiger partial charge is 0.133 e. The molecule has 0 atom stereocenters. The molecule has 2 heterocycles. The zero-order valence-corrected chi connectivity index (χ0v) is 13.7. The first kappa shape index (κ1) is 14.8. The molecule has 1 saturated heterocycles. The van der Waals surface area contributed by atoms with E-state index in [2.05, 4.69) is 41.6 Å². The molecule has 0 aromatic carbocycles. The van der Waals surface area contributed by atoms with Crippen LogP contribution in [0.1, 0.15) is 57.0 Å². The lowest BCUT2D eigenvalue weighted by Crippen LogP contribution is -2.50. The second-order valence-corrected chi connectivity index (χ2v) is 6.84. The van der Waals surface area contributed by atoms with Crippen LogP contribution in [-0.4, -0.2) is 47.1 Å². The van der Waals surface area contributed by atoms with E-state index < -0.39 is 0 Å². The van der Waals surface area contributed by atoms with Crippen LogP contribution in [0.15, 0.2) is 6.07 Å². The van der Waals surface area contributed by atoms with Gasteiger partial charge in [0, 0.05) is 49.9 Å². The number of anilines is 1. The first-order valence-corrected chi connectivity index (χ1v) is 8.48. The molecule has 4 nitrogen and oxygen atoms in total. The molecule has 2 fully saturated rings. The number of nitrogens with zero attached hydrogens (tertiary/aromatic N) is 4. The molecule has 1 aromatic rings. The molecule has 0 radical (unpaired) electrons. The van der Waals surface area contributed by atoms with Gasteiger partial charge in [0.15, 0.2) is 0 Å². The van der Waals surface area contributed by atoms with Crippen LogP contribution >= 0.6 is 0 Å². The van der Waals surface area contributed by atoms with Crippen LogP contribution in [0.25, 0.3) is 0 Å². The molecule has 1 saturated carbocycles. The Kier molecular flexibility index (Phi) is 4.43. The lowest BCUT2D eigenvalue weighted by Gasteiger charge is -2.38. The maximum atomic E-state index is 4.78. The van der Waals surface area contributed by atoms with Gasteiger partial charge in [-0.25, -0.2) is 9.97 Å². The summed E-state index contributed by atoms with van der Waals surface area (Å²) in [5.74, 6) is 2.49. The zero-order chi connectivity index (χ0) is 14.8. The molecule has 116 valence electrons. The number of aromatic nitrogens is 2. The van der Waals surface area contributed by atoms with Crippen LogP contribution in [0.5, 0.6) is 0 Å². The van der Waals surface area contributed by atoms with E-state index in [-0.39, 0.29) is 0 Å². The van der Waals surface area contributed by atoms with Crippen LogP contribution in [0.4, 0.5) is 5.82 Å². The molecule has 1 aromatic heterocycles. The second kappa shape index (κ2) is 6.30. The summed E-state index contributed by atoms with van der Waals surface area (Å²) in [6, 6.07) is 2.99. The Morgan fingerprint density at radius 1 is 1.05 bits per heavy atom. The third-order valence-corrected chi connectivity index (χ3v) is 4.85. The average Bonchev–Trinajstić information content (AvgIpc) is 3.01. The van der Waals surface area contributed by atoms with Crippen molar-refractivity contribution in [3.63, 3.8) is 0 Å². The highest BCUT2D eigenvalue weighted by molar-refractivity contribution is 5.40. The normalized spacial score (nSPS) is 21.4. The number of hydrogen-bond donors (Lipinski definition) is 0. The summed E-state index contributed by atoms with van der Waals surface area (Å²) in [5, 5.41) is 0. The largest absolute Gasteiger partial charge is 0.354 e. The van der Waals surface area contributed by atoms with Gasteiger partial charge in [-0.1, -0.05) is 26.7 Å². The molecule has 1 aliphatic carbocycles. The Morgan fingerprint density at radius 3 is 2.33 bits per heavy atom. The third kappa shape index (κ3) is 3.37. The summed E-state index contributed by atoms with van der Waals surface area (Å²) in [5.41, 5.74) is 1.09. The fourth-order valence-corrected chi connectivity index (χ4v) is 3.58. The van der Waals surface area contributed by atoms with Crippen molar-refractivity contribution in [2.24, 2.45) is 0 Å². The first-order chi connectivity index (χ1) is 10.1. The molecule has 21 heavy (non-hydrogen) atoms. The molecule has 2 aliphatic rings. The molecule has 4 heteroatoms. The lowest BCUT2D eigenvalue weighted by atomic mass is 10.1. The third-order valence-electron chi connectivity index (χ3n) is 4.85. The van der Waals surface area contributed by atoms with E-state index in [1.54, 1.807) is 0 Å². The Morgan fingerprint density at radius 2 is 1.71 bits per heavy atom. The first-order valence-electron chi connectivity index (χ1n) is 8.48. The van der Waals surface area contributed by atoms with Crippen molar-refractivity contribution in [1.82, 2.24) is 14.9 Å². The Bertz CT molecular complexity index is 472. The van der Waals surface area contributed by atoms with E-state index in [4.69, 9.17) is 4.98 Å². The van der Waals surface area contributed by atoms with Gasteiger partial charge in [0.1, 0.15) is 11.6 Å². The van der Waals surface area contributed by atoms with Crippen molar-refractivity contribution in [3.05, 3.63) is 17.6 Å². The molecule has 0 bridgehead atoms. The molecule has 0 spiro atoms. The van der Waals surface area contributed by atoms with Gasteiger partial charge < -0.3 is 4.90 Å². The van der Waals surface area contributed by atoms with Crippen molar-refractivity contribution in [2.45, 2.75) is 58.4 Å². The van der Waals surface area contributed by atoms with Gasteiger partial charge in [-0.05, 0) is 19.8 Å². The van der Waals surface area contributed by atoms with Gasteiger partial charge in [0.25, 0.3) is 0 Å². The Balaban J connectivity index is 1.66. The highest BCUT2D eigenvalue weighted by Gasteiger charge is 2.26. The fraction of sp³-hybridized carbons (Fsp3) is 0.765. The monoisotopic (exact) mass is 288 g/mol. The molecule has 0 amide bonds. The highest BCUT2D eigenvalue weighted by atomic mass is 15.3. The van der Waals surface area contributed by atoms with E-state index in [1.807, 2.05) is 0 Å². The maximum Gasteiger partial charge on any atom is 0.133 e.